The molecule has 96 valence electrons. The van der Waals surface area contributed by atoms with E-state index in [9.17, 15) is 5.11 Å². The van der Waals surface area contributed by atoms with Gasteiger partial charge in [0.2, 0.25) is 0 Å². The molecular formula is C15H24O2. The fraction of sp³-hybridized carbons (Fsp3) is 0.533. The molecule has 1 rings (SSSR count). The second kappa shape index (κ2) is 11.2. The Labute approximate surface area is 105 Å². The van der Waals surface area contributed by atoms with Crippen LogP contribution in [0.25, 0.3) is 0 Å². The average Bonchev–Trinajstić information content (AvgIpc) is 2.38. The van der Waals surface area contributed by atoms with Crippen molar-refractivity contribution in [3.05, 3.63) is 29.8 Å². The smallest absolute Gasteiger partial charge is 0.118 e. The number of benzene rings is 1. The molecule has 2 nitrogen and oxygen atoms in total. The molecule has 1 N–H and O–H groups in total. The molecule has 0 aromatic heterocycles. The highest BCUT2D eigenvalue weighted by Crippen LogP contribution is 2.18. The van der Waals surface area contributed by atoms with Crippen molar-refractivity contribution >= 4 is 6.79 Å². The highest BCUT2D eigenvalue weighted by atomic mass is 16.3. The number of unbranched alkanes of at least 4 members (excludes halogenated alkanes) is 5. The SMILES string of the molecule is C=O.CCCCCCCCc1ccccc1O. The van der Waals surface area contributed by atoms with Gasteiger partial charge < -0.3 is 9.90 Å². The predicted molar refractivity (Wildman–Crippen MR) is 72.3 cm³/mol. The number of carbonyl (C=O) groups excluding carboxylic acids is 1. The van der Waals surface area contributed by atoms with Gasteiger partial charge in [0.05, 0.1) is 0 Å². The van der Waals surface area contributed by atoms with Crippen molar-refractivity contribution in [1.82, 2.24) is 0 Å². The van der Waals surface area contributed by atoms with Gasteiger partial charge in [-0.05, 0) is 24.5 Å². The van der Waals surface area contributed by atoms with Crippen LogP contribution in [0.3, 0.4) is 0 Å². The van der Waals surface area contributed by atoms with E-state index in [0.717, 1.165) is 12.0 Å². The Balaban J connectivity index is 0.00000121. The minimum absolute atomic E-state index is 0.450. The minimum Gasteiger partial charge on any atom is -0.508 e. The van der Waals surface area contributed by atoms with Gasteiger partial charge in [0.25, 0.3) is 0 Å². The number of hydrogen-bond donors (Lipinski definition) is 1. The molecule has 0 aliphatic rings. The summed E-state index contributed by atoms with van der Waals surface area (Å²) in [7, 11) is 0. The number of para-hydroxylation sites is 1. The third-order valence-electron chi connectivity index (χ3n) is 2.79. The van der Waals surface area contributed by atoms with E-state index in [0.29, 0.717) is 5.75 Å². The molecule has 17 heavy (non-hydrogen) atoms. The second-order valence-corrected chi connectivity index (χ2v) is 4.15. The molecule has 0 bridgehead atoms. The zero-order valence-corrected chi connectivity index (χ0v) is 10.8. The summed E-state index contributed by atoms with van der Waals surface area (Å²) in [6.07, 6.45) is 8.85. The van der Waals surface area contributed by atoms with Crippen molar-refractivity contribution in [1.29, 1.82) is 0 Å². The summed E-state index contributed by atoms with van der Waals surface area (Å²) in [5, 5.41) is 9.55. The van der Waals surface area contributed by atoms with Gasteiger partial charge >= 0.3 is 0 Å². The summed E-state index contributed by atoms with van der Waals surface area (Å²) < 4.78 is 0. The van der Waals surface area contributed by atoms with Crippen molar-refractivity contribution in [3.8, 4) is 5.75 Å². The maximum Gasteiger partial charge on any atom is 0.118 e. The Morgan fingerprint density at radius 3 is 2.24 bits per heavy atom. The number of aryl methyl sites for hydroxylation is 1. The molecule has 0 radical (unpaired) electrons. The summed E-state index contributed by atoms with van der Waals surface area (Å²) in [5.74, 6) is 0.450. The molecule has 0 fully saturated rings. The Hall–Kier alpha value is -1.31. The third-order valence-corrected chi connectivity index (χ3v) is 2.79. The van der Waals surface area contributed by atoms with Crippen LogP contribution >= 0.6 is 0 Å². The van der Waals surface area contributed by atoms with Gasteiger partial charge in [-0.3, -0.25) is 0 Å². The molecule has 0 unspecified atom stereocenters. The molecule has 0 saturated carbocycles. The van der Waals surface area contributed by atoms with Gasteiger partial charge in [-0.1, -0.05) is 57.2 Å². The maximum atomic E-state index is 9.55. The van der Waals surface area contributed by atoms with Gasteiger partial charge in [-0.15, -0.1) is 0 Å². The van der Waals surface area contributed by atoms with Crippen LogP contribution in [0.5, 0.6) is 5.75 Å². The summed E-state index contributed by atoms with van der Waals surface area (Å²) in [6, 6.07) is 7.65. The summed E-state index contributed by atoms with van der Waals surface area (Å²) in [5.41, 5.74) is 1.09. The van der Waals surface area contributed by atoms with Crippen LogP contribution in [0.1, 0.15) is 51.0 Å². The van der Waals surface area contributed by atoms with Crippen molar-refractivity contribution < 1.29 is 9.90 Å². The number of rotatable bonds is 7. The first-order valence-corrected chi connectivity index (χ1v) is 6.40. The summed E-state index contributed by atoms with van der Waals surface area (Å²) in [4.78, 5) is 8.00. The molecule has 1 aromatic carbocycles. The highest BCUT2D eigenvalue weighted by Gasteiger charge is 1.98. The normalized spacial score (nSPS) is 9.47. The van der Waals surface area contributed by atoms with Crippen LogP contribution in [0.15, 0.2) is 24.3 Å². The van der Waals surface area contributed by atoms with E-state index in [-0.39, 0.29) is 0 Å². The predicted octanol–water partition coefficient (Wildman–Crippen LogP) is 4.11. The van der Waals surface area contributed by atoms with Crippen LogP contribution < -0.4 is 0 Å². The number of phenolic OH excluding ortho intramolecular Hbond substituents is 1. The van der Waals surface area contributed by atoms with E-state index in [1.165, 1.54) is 38.5 Å². The Bertz CT molecular complexity index is 284. The first-order valence-electron chi connectivity index (χ1n) is 6.40. The monoisotopic (exact) mass is 236 g/mol. The van der Waals surface area contributed by atoms with Gasteiger partial charge in [0, 0.05) is 0 Å². The van der Waals surface area contributed by atoms with Crippen LogP contribution in [-0.4, -0.2) is 11.9 Å². The highest BCUT2D eigenvalue weighted by molar-refractivity contribution is 5.31. The molecule has 0 aliphatic heterocycles. The van der Waals surface area contributed by atoms with Gasteiger partial charge in [-0.2, -0.15) is 0 Å². The Morgan fingerprint density at radius 2 is 1.59 bits per heavy atom. The molecule has 0 aliphatic carbocycles. The van der Waals surface area contributed by atoms with Crippen molar-refractivity contribution in [2.75, 3.05) is 0 Å². The molecule has 0 saturated heterocycles. The van der Waals surface area contributed by atoms with Crippen LogP contribution in [0, 0.1) is 0 Å². The largest absolute Gasteiger partial charge is 0.508 e. The standard InChI is InChI=1S/C14H22O.CH2O/c1-2-3-4-5-6-7-10-13-11-8-9-12-14(13)15;1-2/h8-9,11-12,15H,2-7,10H2,1H3;1H2. The van der Waals surface area contributed by atoms with Crippen LogP contribution in [0.2, 0.25) is 0 Å². The zero-order chi connectivity index (χ0) is 12.9. The second-order valence-electron chi connectivity index (χ2n) is 4.15. The fourth-order valence-electron chi connectivity index (χ4n) is 1.82. The van der Waals surface area contributed by atoms with Crippen molar-refractivity contribution in [2.24, 2.45) is 0 Å². The minimum atomic E-state index is 0.450. The van der Waals surface area contributed by atoms with Crippen molar-refractivity contribution in [2.45, 2.75) is 51.9 Å². The molecule has 0 atom stereocenters. The number of hydrogen-bond acceptors (Lipinski definition) is 2. The molecular weight excluding hydrogens is 212 g/mol. The first-order chi connectivity index (χ1) is 8.34. The van der Waals surface area contributed by atoms with E-state index in [1.807, 2.05) is 25.0 Å². The lowest BCUT2D eigenvalue weighted by atomic mass is 10.0. The van der Waals surface area contributed by atoms with Gasteiger partial charge in [0.1, 0.15) is 12.5 Å². The lowest BCUT2D eigenvalue weighted by molar-refractivity contribution is -0.0979. The lowest BCUT2D eigenvalue weighted by Gasteiger charge is -2.03. The van der Waals surface area contributed by atoms with Crippen LogP contribution in [0.4, 0.5) is 0 Å². The molecule has 1 aromatic rings. The Kier molecular flexibility index (Phi) is 10.3. The average molecular weight is 236 g/mol. The number of phenols is 1. The molecule has 0 amide bonds. The van der Waals surface area contributed by atoms with Gasteiger partial charge in [-0.25, -0.2) is 0 Å². The van der Waals surface area contributed by atoms with E-state index in [2.05, 4.69) is 6.92 Å². The van der Waals surface area contributed by atoms with E-state index < -0.39 is 0 Å². The van der Waals surface area contributed by atoms with E-state index in [1.54, 1.807) is 6.07 Å². The first kappa shape index (κ1) is 15.7. The molecule has 2 heteroatoms. The zero-order valence-electron chi connectivity index (χ0n) is 10.8. The third kappa shape index (κ3) is 7.56. The quantitative estimate of drug-likeness (QED) is 0.723. The Morgan fingerprint density at radius 1 is 1.00 bits per heavy atom. The van der Waals surface area contributed by atoms with E-state index >= 15 is 0 Å². The molecule has 0 spiro atoms. The fourth-order valence-corrected chi connectivity index (χ4v) is 1.82. The van der Waals surface area contributed by atoms with Crippen molar-refractivity contribution in [3.63, 3.8) is 0 Å². The summed E-state index contributed by atoms with van der Waals surface area (Å²) in [6.45, 7) is 4.24. The van der Waals surface area contributed by atoms with E-state index in [4.69, 9.17) is 4.79 Å². The topological polar surface area (TPSA) is 37.3 Å². The number of aromatic hydroxyl groups is 1. The molecule has 0 heterocycles. The van der Waals surface area contributed by atoms with Crippen LogP contribution in [-0.2, 0) is 11.2 Å². The maximum absolute atomic E-state index is 9.55. The summed E-state index contributed by atoms with van der Waals surface area (Å²) >= 11 is 0. The van der Waals surface area contributed by atoms with Gasteiger partial charge in [0.15, 0.2) is 0 Å². The number of carbonyl (C=O) groups is 1. The lowest BCUT2D eigenvalue weighted by Crippen LogP contribution is -1.86.